The molecule has 0 spiro atoms. The van der Waals surface area contributed by atoms with Crippen LogP contribution in [0.25, 0.3) is 17.8 Å². The van der Waals surface area contributed by atoms with E-state index in [9.17, 15) is 4.39 Å². The van der Waals surface area contributed by atoms with Gasteiger partial charge in [0.05, 0.1) is 29.8 Å². The van der Waals surface area contributed by atoms with E-state index in [1.807, 2.05) is 52.7 Å². The van der Waals surface area contributed by atoms with Crippen molar-refractivity contribution in [3.63, 3.8) is 0 Å². The molecule has 3 aromatic heterocycles. The number of fused-ring (bicyclic) bond motifs is 1. The van der Waals surface area contributed by atoms with Gasteiger partial charge in [-0.1, -0.05) is 17.7 Å². The molecule has 0 amide bonds. The van der Waals surface area contributed by atoms with Crippen molar-refractivity contribution in [2.75, 3.05) is 7.11 Å². The summed E-state index contributed by atoms with van der Waals surface area (Å²) in [4.78, 5) is 13.6. The van der Waals surface area contributed by atoms with Gasteiger partial charge in [-0.2, -0.15) is 5.10 Å². The molecule has 9 heteroatoms. The van der Waals surface area contributed by atoms with Gasteiger partial charge in [0.15, 0.2) is 5.82 Å². The number of halogens is 2. The Morgan fingerprint density at radius 3 is 2.82 bits per heavy atom. The van der Waals surface area contributed by atoms with Crippen LogP contribution in [0.2, 0.25) is 5.02 Å². The molecule has 0 bridgehead atoms. The number of hydrogen-bond donors (Lipinski definition) is 0. The molecule has 1 aliphatic heterocycles. The maximum absolute atomic E-state index is 14.0. The van der Waals surface area contributed by atoms with Gasteiger partial charge in [0.2, 0.25) is 5.88 Å². The van der Waals surface area contributed by atoms with Crippen LogP contribution < -0.4 is 4.74 Å². The second kappa shape index (κ2) is 8.78. The number of aryl methyl sites for hydroxylation is 2. The van der Waals surface area contributed by atoms with Gasteiger partial charge >= 0.3 is 0 Å². The standard InChI is InChI=1S/C24H22ClFN6O/c1-15-13-31(14-27-15)21-9-6-17(28-24(21)33-2)7-10-22-29-23-18(4-3-11-32(23)30-22)16-5-8-19(25)20(26)12-16/h5-10,12-14,18H,3-4,11H2,1-2H3/t18-/m1/s1. The summed E-state index contributed by atoms with van der Waals surface area (Å²) in [6, 6.07) is 8.78. The van der Waals surface area contributed by atoms with Crippen molar-refractivity contribution in [3.8, 4) is 11.6 Å². The molecule has 0 saturated carbocycles. The smallest absolute Gasteiger partial charge is 0.238 e. The van der Waals surface area contributed by atoms with Crippen molar-refractivity contribution < 1.29 is 9.13 Å². The molecule has 0 saturated heterocycles. The Labute approximate surface area is 195 Å². The fraction of sp³-hybridized carbons (Fsp3) is 0.250. The summed E-state index contributed by atoms with van der Waals surface area (Å²) in [5, 5.41) is 4.74. The van der Waals surface area contributed by atoms with Crippen LogP contribution in [0.5, 0.6) is 5.88 Å². The number of methoxy groups -OCH3 is 1. The van der Waals surface area contributed by atoms with Crippen LogP contribution in [0.4, 0.5) is 4.39 Å². The normalized spacial score (nSPS) is 15.7. The summed E-state index contributed by atoms with van der Waals surface area (Å²) in [5.41, 5.74) is 3.30. The van der Waals surface area contributed by atoms with Gasteiger partial charge in [-0.05, 0) is 61.7 Å². The predicted molar refractivity (Wildman–Crippen MR) is 124 cm³/mol. The van der Waals surface area contributed by atoms with Crippen LogP contribution in [-0.2, 0) is 6.54 Å². The molecule has 1 aromatic carbocycles. The van der Waals surface area contributed by atoms with E-state index in [-0.39, 0.29) is 10.9 Å². The van der Waals surface area contributed by atoms with Crippen LogP contribution in [-0.4, -0.2) is 36.4 Å². The topological polar surface area (TPSA) is 70.7 Å². The van der Waals surface area contributed by atoms with Crippen molar-refractivity contribution in [2.45, 2.75) is 32.2 Å². The zero-order chi connectivity index (χ0) is 22.9. The largest absolute Gasteiger partial charge is 0.479 e. The number of hydrogen-bond acceptors (Lipinski definition) is 5. The highest BCUT2D eigenvalue weighted by Gasteiger charge is 2.26. The minimum absolute atomic E-state index is 0.0173. The summed E-state index contributed by atoms with van der Waals surface area (Å²) in [5.74, 6) is 1.48. The molecule has 7 nitrogen and oxygen atoms in total. The van der Waals surface area contributed by atoms with E-state index in [0.717, 1.165) is 47.8 Å². The van der Waals surface area contributed by atoms with Crippen molar-refractivity contribution in [2.24, 2.45) is 0 Å². The highest BCUT2D eigenvalue weighted by Crippen LogP contribution is 2.33. The van der Waals surface area contributed by atoms with Crippen LogP contribution in [0.3, 0.4) is 0 Å². The monoisotopic (exact) mass is 464 g/mol. The minimum atomic E-state index is -0.416. The molecule has 1 aliphatic rings. The number of aromatic nitrogens is 6. The lowest BCUT2D eigenvalue weighted by atomic mass is 9.91. The third-order valence-electron chi connectivity index (χ3n) is 5.69. The average molecular weight is 465 g/mol. The maximum atomic E-state index is 14.0. The van der Waals surface area contributed by atoms with Gasteiger partial charge in [0, 0.05) is 18.7 Å². The molecule has 0 unspecified atom stereocenters. The third-order valence-corrected chi connectivity index (χ3v) is 5.99. The Hall–Kier alpha value is -3.52. The molecule has 4 heterocycles. The molecule has 33 heavy (non-hydrogen) atoms. The SMILES string of the molecule is COc1nc(C=Cc2nc3n(n2)CCC[C@@H]3c2ccc(Cl)c(F)c2)ccc1-n1cnc(C)c1. The second-order valence-electron chi connectivity index (χ2n) is 7.94. The van der Waals surface area contributed by atoms with Crippen molar-refractivity contribution >= 4 is 23.8 Å². The van der Waals surface area contributed by atoms with Gasteiger partial charge in [-0.3, -0.25) is 0 Å². The first-order chi connectivity index (χ1) is 16.0. The lowest BCUT2D eigenvalue weighted by molar-refractivity contribution is 0.395. The van der Waals surface area contributed by atoms with Crippen molar-refractivity contribution in [1.29, 1.82) is 0 Å². The van der Waals surface area contributed by atoms with E-state index in [1.165, 1.54) is 6.07 Å². The second-order valence-corrected chi connectivity index (χ2v) is 8.35. The molecule has 1 atom stereocenters. The zero-order valence-corrected chi connectivity index (χ0v) is 19.0. The molecule has 0 fully saturated rings. The Morgan fingerprint density at radius 2 is 2.06 bits per heavy atom. The number of benzene rings is 1. The van der Waals surface area contributed by atoms with E-state index in [1.54, 1.807) is 19.5 Å². The molecular weight excluding hydrogens is 443 g/mol. The first kappa shape index (κ1) is 21.3. The van der Waals surface area contributed by atoms with Crippen LogP contribution >= 0.6 is 11.6 Å². The van der Waals surface area contributed by atoms with Gasteiger partial charge in [-0.15, -0.1) is 0 Å². The molecular formula is C24H22ClFN6O. The van der Waals surface area contributed by atoms with Crippen LogP contribution in [0.15, 0.2) is 42.9 Å². The third kappa shape index (κ3) is 4.26. The maximum Gasteiger partial charge on any atom is 0.238 e. The highest BCUT2D eigenvalue weighted by molar-refractivity contribution is 6.30. The Balaban J connectivity index is 1.41. The Kier molecular flexibility index (Phi) is 5.68. The number of pyridine rings is 1. The number of ether oxygens (including phenoxy) is 1. The van der Waals surface area contributed by atoms with E-state index in [0.29, 0.717) is 11.7 Å². The lowest BCUT2D eigenvalue weighted by Crippen LogP contribution is -2.18. The predicted octanol–water partition coefficient (Wildman–Crippen LogP) is 5.06. The quantitative estimate of drug-likeness (QED) is 0.412. The Bertz CT molecular complexity index is 1340. The van der Waals surface area contributed by atoms with E-state index in [4.69, 9.17) is 21.3 Å². The first-order valence-electron chi connectivity index (χ1n) is 10.7. The van der Waals surface area contributed by atoms with Gasteiger partial charge in [-0.25, -0.2) is 24.0 Å². The summed E-state index contributed by atoms with van der Waals surface area (Å²) in [6.07, 6.45) is 9.15. The molecule has 0 radical (unpaired) electrons. The van der Waals surface area contributed by atoms with E-state index < -0.39 is 5.82 Å². The van der Waals surface area contributed by atoms with Crippen LogP contribution in [0, 0.1) is 12.7 Å². The average Bonchev–Trinajstić information content (AvgIpc) is 3.45. The lowest BCUT2D eigenvalue weighted by Gasteiger charge is -2.22. The fourth-order valence-corrected chi connectivity index (χ4v) is 4.20. The fourth-order valence-electron chi connectivity index (χ4n) is 4.08. The molecule has 0 N–H and O–H groups in total. The number of imidazole rings is 1. The van der Waals surface area contributed by atoms with Gasteiger partial charge < -0.3 is 9.30 Å². The molecule has 5 rings (SSSR count). The summed E-state index contributed by atoms with van der Waals surface area (Å²) >= 11 is 5.85. The summed E-state index contributed by atoms with van der Waals surface area (Å²) in [7, 11) is 1.59. The molecule has 4 aromatic rings. The van der Waals surface area contributed by atoms with Crippen molar-refractivity contribution in [3.05, 3.63) is 82.3 Å². The summed E-state index contributed by atoms with van der Waals surface area (Å²) < 4.78 is 23.3. The number of rotatable bonds is 5. The van der Waals surface area contributed by atoms with E-state index in [2.05, 4.69) is 15.1 Å². The highest BCUT2D eigenvalue weighted by atomic mass is 35.5. The summed E-state index contributed by atoms with van der Waals surface area (Å²) in [6.45, 7) is 2.72. The van der Waals surface area contributed by atoms with Crippen LogP contribution in [0.1, 0.15) is 47.4 Å². The van der Waals surface area contributed by atoms with Gasteiger partial charge in [0.25, 0.3) is 0 Å². The zero-order valence-electron chi connectivity index (χ0n) is 18.2. The molecule has 168 valence electrons. The number of nitrogens with zero attached hydrogens (tertiary/aromatic N) is 6. The Morgan fingerprint density at radius 1 is 1.18 bits per heavy atom. The van der Waals surface area contributed by atoms with Crippen molar-refractivity contribution in [1.82, 2.24) is 29.3 Å². The van der Waals surface area contributed by atoms with E-state index >= 15 is 0 Å². The minimum Gasteiger partial charge on any atom is -0.479 e. The van der Waals surface area contributed by atoms with Gasteiger partial charge in [0.1, 0.15) is 17.3 Å². The molecule has 0 aliphatic carbocycles. The first-order valence-corrected chi connectivity index (χ1v) is 11.0.